The van der Waals surface area contributed by atoms with Crippen molar-refractivity contribution in [2.75, 3.05) is 19.0 Å². The van der Waals surface area contributed by atoms with Gasteiger partial charge in [0.1, 0.15) is 11.4 Å². The van der Waals surface area contributed by atoms with Crippen molar-refractivity contribution in [1.29, 1.82) is 0 Å². The minimum absolute atomic E-state index is 0.0206. The van der Waals surface area contributed by atoms with Crippen LogP contribution in [0.5, 0.6) is 5.75 Å². The van der Waals surface area contributed by atoms with Crippen molar-refractivity contribution in [3.8, 4) is 16.9 Å². The Hall–Kier alpha value is -4.61. The molecule has 7 nitrogen and oxygen atoms in total. The van der Waals surface area contributed by atoms with Gasteiger partial charge in [0.05, 0.1) is 17.3 Å². The Labute approximate surface area is 263 Å². The molecule has 0 saturated carbocycles. The summed E-state index contributed by atoms with van der Waals surface area (Å²) in [6, 6.07) is 21.5. The zero-order valence-corrected chi connectivity index (χ0v) is 25.5. The molecule has 44 heavy (non-hydrogen) atoms. The lowest BCUT2D eigenvalue weighted by molar-refractivity contribution is -0.137. The van der Waals surface area contributed by atoms with E-state index >= 15 is 0 Å². The number of carbonyl (C=O) groups excluding carboxylic acids is 2. The van der Waals surface area contributed by atoms with Crippen LogP contribution in [0.1, 0.15) is 32.0 Å². The van der Waals surface area contributed by atoms with E-state index in [1.807, 2.05) is 49.3 Å². The van der Waals surface area contributed by atoms with Crippen LogP contribution in [0.2, 0.25) is 5.02 Å². The monoisotopic (exact) mass is 682 g/mol. The first-order valence-corrected chi connectivity index (χ1v) is 14.2. The number of carbonyl (C=O) groups is 2. The van der Waals surface area contributed by atoms with E-state index in [0.717, 1.165) is 28.7 Å². The van der Waals surface area contributed by atoms with Crippen LogP contribution in [0, 0.1) is 0 Å². The molecule has 224 valence electrons. The topological polar surface area (TPSA) is 86.8 Å². The summed E-state index contributed by atoms with van der Waals surface area (Å²) >= 11 is 9.88. The van der Waals surface area contributed by atoms with E-state index in [1.165, 1.54) is 18.3 Å². The van der Waals surface area contributed by atoms with E-state index in [2.05, 4.69) is 31.4 Å². The van der Waals surface area contributed by atoms with Gasteiger partial charge in [0, 0.05) is 56.9 Å². The average Bonchev–Trinajstić information content (AvgIpc) is 3.37. The highest BCUT2D eigenvalue weighted by atomic mass is 79.9. The standard InChI is InChI=1S/C32H23BrClF3N4O3/c1-41(2)22-11-12-26-24(16-22)28(23-8-3-4-9-25(23)34)29(39-26)30(42)40-38-17-19-15-21(33)10-13-27(19)44-31(43)18-6-5-7-20(14-18)32(35,36)37/h3-17,39H,1-2H3,(H,40,42). The zero-order valence-electron chi connectivity index (χ0n) is 23.2. The van der Waals surface area contributed by atoms with Gasteiger partial charge in [-0.1, -0.05) is 51.8 Å². The highest BCUT2D eigenvalue weighted by molar-refractivity contribution is 9.10. The van der Waals surface area contributed by atoms with E-state index in [-0.39, 0.29) is 22.6 Å². The Bertz CT molecular complexity index is 1920. The third-order valence-electron chi connectivity index (χ3n) is 6.64. The van der Waals surface area contributed by atoms with Gasteiger partial charge in [0.15, 0.2) is 0 Å². The molecule has 5 rings (SSSR count). The van der Waals surface area contributed by atoms with Crippen molar-refractivity contribution in [3.05, 3.63) is 117 Å². The lowest BCUT2D eigenvalue weighted by Crippen LogP contribution is -2.19. The van der Waals surface area contributed by atoms with E-state index in [9.17, 15) is 22.8 Å². The number of rotatable bonds is 7. The van der Waals surface area contributed by atoms with Crippen LogP contribution >= 0.6 is 27.5 Å². The predicted octanol–water partition coefficient (Wildman–Crippen LogP) is 8.32. The summed E-state index contributed by atoms with van der Waals surface area (Å²) in [7, 11) is 3.83. The number of amides is 1. The number of halogens is 5. The number of aromatic nitrogens is 1. The minimum atomic E-state index is -4.62. The van der Waals surface area contributed by atoms with Crippen LogP contribution in [0.3, 0.4) is 0 Å². The second-order valence-electron chi connectivity index (χ2n) is 9.83. The van der Waals surface area contributed by atoms with Crippen LogP contribution in [-0.4, -0.2) is 37.2 Å². The van der Waals surface area contributed by atoms with Crippen molar-refractivity contribution in [3.63, 3.8) is 0 Å². The molecule has 1 heterocycles. The van der Waals surface area contributed by atoms with Crippen LogP contribution < -0.4 is 15.1 Å². The van der Waals surface area contributed by atoms with Crippen molar-refractivity contribution < 1.29 is 27.5 Å². The normalized spacial score (nSPS) is 11.6. The molecule has 0 aliphatic rings. The second kappa shape index (κ2) is 12.6. The maximum absolute atomic E-state index is 13.5. The number of hydrazone groups is 1. The molecule has 0 aliphatic heterocycles. The van der Waals surface area contributed by atoms with Gasteiger partial charge in [-0.15, -0.1) is 0 Å². The van der Waals surface area contributed by atoms with E-state index in [1.54, 1.807) is 24.3 Å². The van der Waals surface area contributed by atoms with E-state index in [0.29, 0.717) is 26.7 Å². The van der Waals surface area contributed by atoms with Gasteiger partial charge in [-0.3, -0.25) is 4.79 Å². The summed E-state index contributed by atoms with van der Waals surface area (Å²) in [5.41, 5.74) is 4.65. The Morgan fingerprint density at radius 1 is 1.00 bits per heavy atom. The number of aromatic amines is 1. The molecule has 4 aromatic carbocycles. The predicted molar refractivity (Wildman–Crippen MR) is 169 cm³/mol. The first-order chi connectivity index (χ1) is 20.9. The van der Waals surface area contributed by atoms with Gasteiger partial charge >= 0.3 is 12.1 Å². The Kier molecular flexibility index (Phi) is 8.80. The van der Waals surface area contributed by atoms with Gasteiger partial charge in [-0.25, -0.2) is 10.2 Å². The number of benzene rings is 4. The number of ether oxygens (including phenoxy) is 1. The van der Waals surface area contributed by atoms with E-state index in [4.69, 9.17) is 16.3 Å². The summed E-state index contributed by atoms with van der Waals surface area (Å²) < 4.78 is 45.4. The fourth-order valence-electron chi connectivity index (χ4n) is 4.48. The average molecular weight is 684 g/mol. The number of fused-ring (bicyclic) bond motifs is 1. The number of alkyl halides is 3. The lowest BCUT2D eigenvalue weighted by Gasteiger charge is -2.13. The molecule has 0 atom stereocenters. The molecule has 12 heteroatoms. The molecule has 0 saturated heterocycles. The summed E-state index contributed by atoms with van der Waals surface area (Å²) in [6.07, 6.45) is -3.35. The first-order valence-electron chi connectivity index (χ1n) is 13.0. The maximum atomic E-state index is 13.5. The first kappa shape index (κ1) is 30.8. The number of esters is 1. The molecule has 1 amide bonds. The molecular weight excluding hydrogens is 661 g/mol. The molecule has 2 N–H and O–H groups in total. The Morgan fingerprint density at radius 2 is 1.77 bits per heavy atom. The largest absolute Gasteiger partial charge is 0.422 e. The molecule has 0 radical (unpaired) electrons. The lowest BCUT2D eigenvalue weighted by atomic mass is 10.0. The number of hydrogen-bond acceptors (Lipinski definition) is 5. The minimum Gasteiger partial charge on any atom is -0.422 e. The quantitative estimate of drug-likeness (QED) is 0.0782. The third-order valence-corrected chi connectivity index (χ3v) is 7.46. The molecule has 0 aliphatic carbocycles. The van der Waals surface area contributed by atoms with Crippen molar-refractivity contribution >= 4 is 62.2 Å². The molecular formula is C32H23BrClF3N4O3. The highest BCUT2D eigenvalue weighted by Crippen LogP contribution is 2.38. The van der Waals surface area contributed by atoms with Crippen molar-refractivity contribution in [1.82, 2.24) is 10.4 Å². The van der Waals surface area contributed by atoms with Gasteiger partial charge in [0.2, 0.25) is 0 Å². The van der Waals surface area contributed by atoms with Crippen LogP contribution in [0.15, 0.2) is 94.5 Å². The van der Waals surface area contributed by atoms with Crippen molar-refractivity contribution in [2.45, 2.75) is 6.18 Å². The van der Waals surface area contributed by atoms with Crippen LogP contribution in [-0.2, 0) is 6.18 Å². The maximum Gasteiger partial charge on any atom is 0.416 e. The van der Waals surface area contributed by atoms with E-state index < -0.39 is 23.6 Å². The molecule has 5 aromatic rings. The molecule has 1 aromatic heterocycles. The van der Waals surface area contributed by atoms with Gasteiger partial charge in [-0.2, -0.15) is 18.3 Å². The molecule has 0 fully saturated rings. The molecule has 0 spiro atoms. The van der Waals surface area contributed by atoms with Crippen LogP contribution in [0.4, 0.5) is 18.9 Å². The van der Waals surface area contributed by atoms with Crippen molar-refractivity contribution in [2.24, 2.45) is 5.10 Å². The third kappa shape index (κ3) is 6.63. The Morgan fingerprint density at radius 3 is 2.50 bits per heavy atom. The SMILES string of the molecule is CN(C)c1ccc2[nH]c(C(=O)NN=Cc3cc(Br)ccc3OC(=O)c3cccc(C(F)(F)F)c3)c(-c3ccccc3Cl)c2c1. The molecule has 0 bridgehead atoms. The molecule has 0 unspecified atom stereocenters. The fraction of sp³-hybridized carbons (Fsp3) is 0.0938. The number of hydrogen-bond donors (Lipinski definition) is 2. The summed E-state index contributed by atoms with van der Waals surface area (Å²) in [5.74, 6) is -1.53. The fourth-order valence-corrected chi connectivity index (χ4v) is 5.09. The van der Waals surface area contributed by atoms with Crippen LogP contribution in [0.25, 0.3) is 22.0 Å². The van der Waals surface area contributed by atoms with Gasteiger partial charge in [0.25, 0.3) is 5.91 Å². The number of H-pyrrole nitrogens is 1. The summed E-state index contributed by atoms with van der Waals surface area (Å²) in [4.78, 5) is 31.3. The number of anilines is 1. The summed E-state index contributed by atoms with van der Waals surface area (Å²) in [6.45, 7) is 0. The van der Waals surface area contributed by atoms with Gasteiger partial charge in [-0.05, 0) is 60.7 Å². The Balaban J connectivity index is 1.43. The number of nitrogens with zero attached hydrogens (tertiary/aromatic N) is 2. The number of nitrogens with one attached hydrogen (secondary N) is 2. The van der Waals surface area contributed by atoms with Gasteiger partial charge < -0.3 is 14.6 Å². The second-order valence-corrected chi connectivity index (χ2v) is 11.2. The zero-order chi connectivity index (χ0) is 31.6. The smallest absolute Gasteiger partial charge is 0.416 e. The highest BCUT2D eigenvalue weighted by Gasteiger charge is 2.31. The summed E-state index contributed by atoms with van der Waals surface area (Å²) in [5, 5.41) is 5.32.